The summed E-state index contributed by atoms with van der Waals surface area (Å²) in [5, 5.41) is 13.7. The highest BCUT2D eigenvalue weighted by molar-refractivity contribution is 5.88. The van der Waals surface area contributed by atoms with Crippen molar-refractivity contribution in [2.75, 3.05) is 39.8 Å². The highest BCUT2D eigenvalue weighted by Crippen LogP contribution is 2.55. The SMILES string of the molecule is CC=C(C)C(=O)OC(C)(C)C1(CC2CC(N)[NH2+]CC2CC(=O)N2CC(C[NH2+]C)C2)CC2CC3CC(CCCO)C(=O)OC3CC2O1. The Hall–Kier alpha value is -2.05. The number of hydrogen-bond donors (Lipinski definition) is 4. The number of aliphatic hydroxyl groups is 1. The molecule has 4 saturated heterocycles. The van der Waals surface area contributed by atoms with E-state index in [9.17, 15) is 19.5 Å². The first-order valence-corrected chi connectivity index (χ1v) is 17.9. The zero-order valence-electron chi connectivity index (χ0n) is 28.7. The highest BCUT2D eigenvalue weighted by atomic mass is 16.6. The second-order valence-corrected chi connectivity index (χ2v) is 15.6. The lowest BCUT2D eigenvalue weighted by molar-refractivity contribution is -0.706. The maximum atomic E-state index is 13.4. The van der Waals surface area contributed by atoms with Crippen LogP contribution in [0.2, 0.25) is 0 Å². The van der Waals surface area contributed by atoms with E-state index in [1.807, 2.05) is 25.7 Å². The Morgan fingerprint density at radius 3 is 2.63 bits per heavy atom. The molecule has 4 heterocycles. The Balaban J connectivity index is 1.36. The van der Waals surface area contributed by atoms with E-state index in [0.717, 1.165) is 51.9 Å². The van der Waals surface area contributed by atoms with Crippen LogP contribution in [0.5, 0.6) is 0 Å². The number of carbonyl (C=O) groups is 3. The summed E-state index contributed by atoms with van der Waals surface area (Å²) < 4.78 is 19.5. The summed E-state index contributed by atoms with van der Waals surface area (Å²) in [5.41, 5.74) is 5.37. The van der Waals surface area contributed by atoms with E-state index in [-0.39, 0.29) is 72.4 Å². The van der Waals surface area contributed by atoms with Crippen molar-refractivity contribution in [2.24, 2.45) is 41.2 Å². The standard InChI is InChI=1S/C35H58N4O7/c1-6-21(2)32(42)46-34(3,4)35(15-25-12-30(36)38-18-27(25)13-31(41)39-19-22(20-39)17-37-5)16-26-11-24-10-23(8-7-9-40)33(43)44-28(24)14-29(26)45-35/h6,22-30,37-38,40H,7-20,36H2,1-5H3/p+2. The normalized spacial score (nSPS) is 36.8. The van der Waals surface area contributed by atoms with Crippen molar-refractivity contribution in [3.63, 3.8) is 0 Å². The minimum Gasteiger partial charge on any atom is -0.462 e. The van der Waals surface area contributed by atoms with Crippen LogP contribution >= 0.6 is 0 Å². The summed E-state index contributed by atoms with van der Waals surface area (Å²) in [5.74, 6) is 0.891. The molecule has 5 aliphatic rings. The largest absolute Gasteiger partial charge is 0.462 e. The molecule has 9 atom stereocenters. The molecule has 46 heavy (non-hydrogen) atoms. The number of nitrogens with two attached hydrogens (primary N) is 3. The number of quaternary nitrogens is 2. The summed E-state index contributed by atoms with van der Waals surface area (Å²) in [7, 11) is 2.07. The topological polar surface area (TPSA) is 162 Å². The predicted molar refractivity (Wildman–Crippen MR) is 171 cm³/mol. The quantitative estimate of drug-likeness (QED) is 0.175. The molecule has 1 amide bonds. The number of carbonyl (C=O) groups excluding carboxylic acids is 3. The van der Waals surface area contributed by atoms with Gasteiger partial charge in [0.15, 0.2) is 0 Å². The van der Waals surface area contributed by atoms with Crippen molar-refractivity contribution in [2.45, 2.75) is 115 Å². The first-order chi connectivity index (χ1) is 21.9. The number of aliphatic hydroxyl groups excluding tert-OH is 1. The molecule has 260 valence electrons. The Labute approximate surface area is 274 Å². The van der Waals surface area contributed by atoms with Gasteiger partial charge in [-0.25, -0.2) is 4.79 Å². The molecule has 5 rings (SSSR count). The predicted octanol–water partition coefficient (Wildman–Crippen LogP) is 0.449. The van der Waals surface area contributed by atoms with Gasteiger partial charge in [0.1, 0.15) is 23.5 Å². The van der Waals surface area contributed by atoms with Gasteiger partial charge in [0.05, 0.1) is 32.2 Å². The van der Waals surface area contributed by atoms with Gasteiger partial charge in [0.25, 0.3) is 0 Å². The summed E-state index contributed by atoms with van der Waals surface area (Å²) in [6, 6.07) is 0. The zero-order valence-corrected chi connectivity index (χ0v) is 28.7. The fourth-order valence-corrected chi connectivity index (χ4v) is 9.10. The molecule has 9 unspecified atom stereocenters. The van der Waals surface area contributed by atoms with E-state index in [2.05, 4.69) is 17.7 Å². The third-order valence-electron chi connectivity index (χ3n) is 12.1. The van der Waals surface area contributed by atoms with E-state index >= 15 is 0 Å². The van der Waals surface area contributed by atoms with Crippen LogP contribution in [0.25, 0.3) is 0 Å². The summed E-state index contributed by atoms with van der Waals surface area (Å²) in [4.78, 5) is 41.5. The van der Waals surface area contributed by atoms with E-state index in [4.69, 9.17) is 19.9 Å². The van der Waals surface area contributed by atoms with Crippen LogP contribution in [0.4, 0.5) is 0 Å². The first kappa shape index (κ1) is 35.3. The molecule has 0 aromatic rings. The Bertz CT molecular complexity index is 1140. The fraction of sp³-hybridized carbons (Fsp3) is 0.857. The lowest BCUT2D eigenvalue weighted by atomic mass is 9.66. The third kappa shape index (κ3) is 7.48. The number of hydrogen-bond acceptors (Lipinski definition) is 8. The third-order valence-corrected chi connectivity index (χ3v) is 12.1. The van der Waals surface area contributed by atoms with Crippen molar-refractivity contribution in [1.29, 1.82) is 0 Å². The maximum Gasteiger partial charge on any atom is 0.334 e. The Morgan fingerprint density at radius 1 is 1.17 bits per heavy atom. The summed E-state index contributed by atoms with van der Waals surface area (Å²) >= 11 is 0. The van der Waals surface area contributed by atoms with Crippen LogP contribution in [0.1, 0.15) is 85.5 Å². The smallest absolute Gasteiger partial charge is 0.334 e. The molecule has 1 saturated carbocycles. The average Bonchev–Trinajstić information content (AvgIpc) is 3.35. The number of likely N-dealkylation sites (tertiary alicyclic amines) is 1. The van der Waals surface area contributed by atoms with Gasteiger partial charge in [-0.3, -0.25) is 15.3 Å². The number of fused-ring (bicyclic) bond motifs is 2. The van der Waals surface area contributed by atoms with Crippen LogP contribution in [0.3, 0.4) is 0 Å². The molecule has 11 nitrogen and oxygen atoms in total. The van der Waals surface area contributed by atoms with Crippen molar-refractivity contribution in [3.05, 3.63) is 11.6 Å². The van der Waals surface area contributed by atoms with Gasteiger partial charge < -0.3 is 34.9 Å². The minimum absolute atomic E-state index is 0.0559. The molecule has 0 aromatic carbocycles. The number of nitrogens with zero attached hydrogens (tertiary/aromatic N) is 1. The van der Waals surface area contributed by atoms with Gasteiger partial charge in [0, 0.05) is 56.4 Å². The van der Waals surface area contributed by atoms with E-state index in [1.165, 1.54) is 0 Å². The van der Waals surface area contributed by atoms with Gasteiger partial charge in [-0.2, -0.15) is 0 Å². The lowest BCUT2D eigenvalue weighted by Gasteiger charge is -2.47. The monoisotopic (exact) mass is 648 g/mol. The zero-order chi connectivity index (χ0) is 33.2. The number of esters is 2. The molecule has 7 N–H and O–H groups in total. The number of rotatable bonds is 12. The van der Waals surface area contributed by atoms with Crippen LogP contribution in [0.15, 0.2) is 11.6 Å². The van der Waals surface area contributed by atoms with Gasteiger partial charge in [0.2, 0.25) is 5.91 Å². The van der Waals surface area contributed by atoms with Crippen LogP contribution in [-0.4, -0.2) is 97.3 Å². The number of piperidine rings is 1. The Morgan fingerprint density at radius 2 is 1.93 bits per heavy atom. The first-order valence-electron chi connectivity index (χ1n) is 17.9. The number of ether oxygens (including phenoxy) is 3. The summed E-state index contributed by atoms with van der Waals surface area (Å²) in [6.07, 6.45) is 7.62. The fourth-order valence-electron chi connectivity index (χ4n) is 9.10. The van der Waals surface area contributed by atoms with Gasteiger partial charge in [-0.1, -0.05) is 6.08 Å². The van der Waals surface area contributed by atoms with Crippen LogP contribution < -0.4 is 16.4 Å². The maximum absolute atomic E-state index is 13.4. The molecule has 0 bridgehead atoms. The van der Waals surface area contributed by atoms with Gasteiger partial charge >= 0.3 is 11.9 Å². The molecule has 5 fully saturated rings. The molecule has 0 spiro atoms. The van der Waals surface area contributed by atoms with Gasteiger partial charge in [-0.15, -0.1) is 0 Å². The summed E-state index contributed by atoms with van der Waals surface area (Å²) in [6.45, 7) is 11.1. The second-order valence-electron chi connectivity index (χ2n) is 15.6. The van der Waals surface area contributed by atoms with E-state index in [1.54, 1.807) is 13.0 Å². The molecule has 1 aliphatic carbocycles. The van der Waals surface area contributed by atoms with E-state index < -0.39 is 11.2 Å². The Kier molecular flexibility index (Phi) is 11.2. The van der Waals surface area contributed by atoms with Crippen molar-refractivity contribution >= 4 is 17.8 Å². The molecule has 0 aromatic heterocycles. The minimum atomic E-state index is -0.946. The molecule has 11 heteroatoms. The molecule has 0 radical (unpaired) electrons. The average molecular weight is 649 g/mol. The van der Waals surface area contributed by atoms with Crippen molar-refractivity contribution < 1.29 is 44.3 Å². The lowest BCUT2D eigenvalue weighted by Crippen LogP contribution is -2.96. The van der Waals surface area contributed by atoms with Crippen LogP contribution in [0, 0.1) is 35.5 Å². The van der Waals surface area contributed by atoms with Gasteiger partial charge in [-0.05, 0) is 84.0 Å². The van der Waals surface area contributed by atoms with E-state index in [0.29, 0.717) is 43.6 Å². The number of amides is 1. The molecule has 4 aliphatic heterocycles. The molecular weight excluding hydrogens is 588 g/mol. The van der Waals surface area contributed by atoms with Crippen molar-refractivity contribution in [3.8, 4) is 0 Å². The molecular formula is C35H60N4O7+2. The second kappa shape index (κ2) is 14.6. The highest BCUT2D eigenvalue weighted by Gasteiger charge is 2.61. The number of allylic oxidation sites excluding steroid dienone is 1. The van der Waals surface area contributed by atoms with Crippen molar-refractivity contribution in [1.82, 2.24) is 4.90 Å². The van der Waals surface area contributed by atoms with Crippen LogP contribution in [-0.2, 0) is 28.6 Å².